The summed E-state index contributed by atoms with van der Waals surface area (Å²) in [5, 5.41) is 2.90. The number of carbonyl (C=O) groups is 2. The van der Waals surface area contributed by atoms with E-state index in [1.165, 1.54) is 0 Å². The average molecular weight is 417 g/mol. The summed E-state index contributed by atoms with van der Waals surface area (Å²) in [6.07, 6.45) is 0.932. The second-order valence-electron chi connectivity index (χ2n) is 6.42. The van der Waals surface area contributed by atoms with Gasteiger partial charge in [0.1, 0.15) is 5.75 Å². The number of hydrogen-bond donors (Lipinski definition) is 1. The van der Waals surface area contributed by atoms with Gasteiger partial charge < -0.3 is 15.0 Å². The van der Waals surface area contributed by atoms with Crippen LogP contribution < -0.4 is 15.0 Å². The van der Waals surface area contributed by atoms with Crippen LogP contribution in [0.25, 0.3) is 0 Å². The molecule has 0 spiro atoms. The van der Waals surface area contributed by atoms with E-state index in [0.29, 0.717) is 25.1 Å². The minimum Gasteiger partial charge on any atom is -0.482 e. The Kier molecular flexibility index (Phi) is 5.61. The lowest BCUT2D eigenvalue weighted by molar-refractivity contribution is -0.121. The van der Waals surface area contributed by atoms with Crippen LogP contribution in [0, 0.1) is 13.8 Å². The molecule has 2 aromatic rings. The maximum absolute atomic E-state index is 12.2. The van der Waals surface area contributed by atoms with Crippen LogP contribution in [0.3, 0.4) is 0 Å². The van der Waals surface area contributed by atoms with Crippen LogP contribution in [-0.2, 0) is 9.59 Å². The van der Waals surface area contributed by atoms with E-state index in [-0.39, 0.29) is 18.4 Å². The number of aryl methyl sites for hydroxylation is 2. The van der Waals surface area contributed by atoms with Crippen LogP contribution in [0.15, 0.2) is 40.9 Å². The van der Waals surface area contributed by atoms with E-state index in [2.05, 4.69) is 21.2 Å². The van der Waals surface area contributed by atoms with Gasteiger partial charge in [-0.25, -0.2) is 0 Å². The number of halogens is 1. The van der Waals surface area contributed by atoms with E-state index in [1.54, 1.807) is 4.90 Å². The van der Waals surface area contributed by atoms with E-state index in [1.807, 2.05) is 50.2 Å². The zero-order valence-electron chi connectivity index (χ0n) is 14.8. The van der Waals surface area contributed by atoms with Crippen molar-refractivity contribution in [3.05, 3.63) is 52.0 Å². The number of ether oxygens (including phenoxy) is 1. The Labute approximate surface area is 161 Å². The first-order valence-corrected chi connectivity index (χ1v) is 9.33. The standard InChI is InChI=1S/C20H21BrN2O3/c1-13-5-8-18-17(10-13)23(20(25)12-26-18)9-3-4-19(24)22-15-6-7-16(21)14(2)11-15/h5-8,10-11H,3-4,9,12H2,1-2H3,(H,22,24). The molecule has 0 saturated heterocycles. The Morgan fingerprint density at radius 1 is 1.23 bits per heavy atom. The van der Waals surface area contributed by atoms with Crippen molar-refractivity contribution in [2.45, 2.75) is 26.7 Å². The molecule has 2 aromatic carbocycles. The molecule has 0 aliphatic carbocycles. The first-order valence-electron chi connectivity index (χ1n) is 8.54. The van der Waals surface area contributed by atoms with Gasteiger partial charge in [0.05, 0.1) is 5.69 Å². The van der Waals surface area contributed by atoms with Crippen LogP contribution in [0.5, 0.6) is 5.75 Å². The summed E-state index contributed by atoms with van der Waals surface area (Å²) < 4.78 is 6.48. The third-order valence-corrected chi connectivity index (χ3v) is 5.17. The summed E-state index contributed by atoms with van der Waals surface area (Å²) in [6, 6.07) is 11.5. The van der Waals surface area contributed by atoms with Crippen LogP contribution in [0.1, 0.15) is 24.0 Å². The minimum absolute atomic E-state index is 0.0421. The van der Waals surface area contributed by atoms with Gasteiger partial charge in [-0.05, 0) is 61.7 Å². The Balaban J connectivity index is 1.57. The van der Waals surface area contributed by atoms with Crippen molar-refractivity contribution >= 4 is 39.1 Å². The summed E-state index contributed by atoms with van der Waals surface area (Å²) in [6.45, 7) is 4.49. The highest BCUT2D eigenvalue weighted by Crippen LogP contribution is 2.33. The molecule has 0 saturated carbocycles. The van der Waals surface area contributed by atoms with Gasteiger partial charge in [-0.1, -0.05) is 22.0 Å². The van der Waals surface area contributed by atoms with Gasteiger partial charge in [-0.3, -0.25) is 9.59 Å². The van der Waals surface area contributed by atoms with Gasteiger partial charge >= 0.3 is 0 Å². The number of carbonyl (C=O) groups excluding carboxylic acids is 2. The van der Waals surface area contributed by atoms with Crippen molar-refractivity contribution in [2.24, 2.45) is 0 Å². The Morgan fingerprint density at radius 2 is 2.04 bits per heavy atom. The molecule has 1 heterocycles. The molecule has 6 heteroatoms. The topological polar surface area (TPSA) is 58.6 Å². The lowest BCUT2D eigenvalue weighted by Crippen LogP contribution is -2.39. The highest BCUT2D eigenvalue weighted by Gasteiger charge is 2.25. The highest BCUT2D eigenvalue weighted by molar-refractivity contribution is 9.10. The first-order chi connectivity index (χ1) is 12.4. The monoisotopic (exact) mass is 416 g/mol. The summed E-state index contributed by atoms with van der Waals surface area (Å²) in [5.74, 6) is 0.578. The van der Waals surface area contributed by atoms with Gasteiger partial charge in [0.25, 0.3) is 5.91 Å². The third-order valence-electron chi connectivity index (χ3n) is 4.28. The molecule has 3 rings (SSSR count). The molecular formula is C20H21BrN2O3. The molecule has 0 atom stereocenters. The zero-order chi connectivity index (χ0) is 18.7. The molecule has 1 N–H and O–H groups in total. The fraction of sp³-hybridized carbons (Fsp3) is 0.300. The number of anilines is 2. The van der Waals surface area contributed by atoms with Gasteiger partial charge in [-0.15, -0.1) is 0 Å². The van der Waals surface area contributed by atoms with Crippen molar-refractivity contribution in [1.29, 1.82) is 0 Å². The number of fused-ring (bicyclic) bond motifs is 1. The Bertz CT molecular complexity index is 851. The molecule has 2 amide bonds. The fourth-order valence-electron chi connectivity index (χ4n) is 2.90. The van der Waals surface area contributed by atoms with Gasteiger partial charge in [0.15, 0.2) is 6.61 Å². The Hall–Kier alpha value is -2.34. The largest absolute Gasteiger partial charge is 0.482 e. The average Bonchev–Trinajstić information content (AvgIpc) is 2.60. The number of nitrogens with zero attached hydrogens (tertiary/aromatic N) is 1. The molecule has 26 heavy (non-hydrogen) atoms. The van der Waals surface area contributed by atoms with Crippen molar-refractivity contribution in [1.82, 2.24) is 0 Å². The second kappa shape index (κ2) is 7.91. The molecule has 5 nitrogen and oxygen atoms in total. The van der Waals surface area contributed by atoms with Crippen LogP contribution in [-0.4, -0.2) is 25.0 Å². The van der Waals surface area contributed by atoms with E-state index < -0.39 is 0 Å². The van der Waals surface area contributed by atoms with Crippen molar-refractivity contribution in [3.8, 4) is 5.75 Å². The van der Waals surface area contributed by atoms with Gasteiger partial charge in [0, 0.05) is 23.1 Å². The van der Waals surface area contributed by atoms with E-state index in [0.717, 1.165) is 27.0 Å². The third kappa shape index (κ3) is 4.25. The number of hydrogen-bond acceptors (Lipinski definition) is 3. The van der Waals surface area contributed by atoms with Crippen LogP contribution in [0.4, 0.5) is 11.4 Å². The number of benzene rings is 2. The summed E-state index contributed by atoms with van der Waals surface area (Å²) in [5.41, 5.74) is 3.69. The molecule has 0 aromatic heterocycles. The number of nitrogens with one attached hydrogen (secondary N) is 1. The highest BCUT2D eigenvalue weighted by atomic mass is 79.9. The molecule has 1 aliphatic heterocycles. The van der Waals surface area contributed by atoms with E-state index in [4.69, 9.17) is 4.74 Å². The molecule has 0 fully saturated rings. The molecule has 0 radical (unpaired) electrons. The molecule has 1 aliphatic rings. The van der Waals surface area contributed by atoms with Crippen LogP contribution in [0.2, 0.25) is 0 Å². The van der Waals surface area contributed by atoms with Gasteiger partial charge in [-0.2, -0.15) is 0 Å². The summed E-state index contributed by atoms with van der Waals surface area (Å²) >= 11 is 3.45. The second-order valence-corrected chi connectivity index (χ2v) is 7.28. The predicted octanol–water partition coefficient (Wildman–Crippen LogP) is 4.21. The van der Waals surface area contributed by atoms with Gasteiger partial charge in [0.2, 0.25) is 5.91 Å². The predicted molar refractivity (Wildman–Crippen MR) is 106 cm³/mol. The first kappa shape index (κ1) is 18.5. The lowest BCUT2D eigenvalue weighted by atomic mass is 10.1. The maximum Gasteiger partial charge on any atom is 0.265 e. The van der Waals surface area contributed by atoms with Crippen molar-refractivity contribution in [2.75, 3.05) is 23.4 Å². The lowest BCUT2D eigenvalue weighted by Gasteiger charge is -2.29. The SMILES string of the molecule is Cc1ccc2c(c1)N(CCCC(=O)Nc1ccc(Br)c(C)c1)C(=O)CO2. The summed E-state index contributed by atoms with van der Waals surface area (Å²) in [7, 11) is 0. The molecule has 136 valence electrons. The summed E-state index contributed by atoms with van der Waals surface area (Å²) in [4.78, 5) is 26.1. The van der Waals surface area contributed by atoms with Crippen molar-refractivity contribution in [3.63, 3.8) is 0 Å². The fourth-order valence-corrected chi connectivity index (χ4v) is 3.15. The zero-order valence-corrected chi connectivity index (χ0v) is 16.4. The number of amides is 2. The van der Waals surface area contributed by atoms with Crippen molar-refractivity contribution < 1.29 is 14.3 Å². The normalized spacial score (nSPS) is 13.2. The van der Waals surface area contributed by atoms with E-state index >= 15 is 0 Å². The van der Waals surface area contributed by atoms with Crippen LogP contribution >= 0.6 is 15.9 Å². The quantitative estimate of drug-likeness (QED) is 0.793. The maximum atomic E-state index is 12.2. The Morgan fingerprint density at radius 3 is 2.81 bits per heavy atom. The minimum atomic E-state index is -0.0768. The molecule has 0 bridgehead atoms. The smallest absolute Gasteiger partial charge is 0.265 e. The number of rotatable bonds is 5. The molecular weight excluding hydrogens is 396 g/mol. The van der Waals surface area contributed by atoms with E-state index in [9.17, 15) is 9.59 Å². The molecule has 0 unspecified atom stereocenters.